The molecular weight excluding hydrogens is 383 g/mol. The van der Waals surface area contributed by atoms with Crippen LogP contribution in [0, 0.1) is 5.92 Å². The van der Waals surface area contributed by atoms with E-state index >= 15 is 0 Å². The highest BCUT2D eigenvalue weighted by Crippen LogP contribution is 2.39. The Morgan fingerprint density at radius 2 is 2.00 bits per heavy atom. The second-order valence-corrected chi connectivity index (χ2v) is 9.49. The molecule has 1 aromatic carbocycles. The minimum Gasteiger partial charge on any atom is -0.444 e. The maximum Gasteiger partial charge on any atom is 0.416 e. The average molecular weight is 413 g/mol. The number of carbonyl (C=O) groups excluding carboxylic acids is 1. The molecule has 0 aromatic heterocycles. The van der Waals surface area contributed by atoms with Gasteiger partial charge in [-0.3, -0.25) is 0 Å². The number of nitrogens with zero attached hydrogens (tertiary/aromatic N) is 1. The number of fused-ring (bicyclic) bond motifs is 1. The van der Waals surface area contributed by atoms with Gasteiger partial charge in [0.05, 0.1) is 17.3 Å². The first kappa shape index (κ1) is 21.9. The molecule has 3 atom stereocenters. The molecule has 2 saturated heterocycles. The summed E-state index contributed by atoms with van der Waals surface area (Å²) in [5.41, 5.74) is -1.02. The highest BCUT2D eigenvalue weighted by atomic mass is 19.4. The summed E-state index contributed by atoms with van der Waals surface area (Å²) in [6.45, 7) is 8.68. The number of alkyl halides is 3. The maximum absolute atomic E-state index is 13.0. The fourth-order valence-corrected chi connectivity index (χ4v) is 4.27. The Bertz CT molecular complexity index is 744. The summed E-state index contributed by atoms with van der Waals surface area (Å²) >= 11 is 0. The van der Waals surface area contributed by atoms with E-state index in [1.54, 1.807) is 11.0 Å². The molecule has 2 heterocycles. The van der Waals surface area contributed by atoms with Crippen LogP contribution in [0.3, 0.4) is 0 Å². The van der Waals surface area contributed by atoms with Gasteiger partial charge in [0.25, 0.3) is 0 Å². The highest BCUT2D eigenvalue weighted by molar-refractivity contribution is 5.68. The van der Waals surface area contributed by atoms with Gasteiger partial charge in [-0.15, -0.1) is 0 Å². The molecule has 1 aromatic rings. The molecule has 0 radical (unpaired) electrons. The third-order valence-electron chi connectivity index (χ3n) is 5.63. The van der Waals surface area contributed by atoms with E-state index in [2.05, 4.69) is 0 Å². The number of benzene rings is 1. The molecule has 4 nitrogen and oxygen atoms in total. The van der Waals surface area contributed by atoms with Gasteiger partial charge in [-0.05, 0) is 58.6 Å². The van der Waals surface area contributed by atoms with Crippen molar-refractivity contribution < 1.29 is 27.4 Å². The molecule has 2 aliphatic rings. The predicted molar refractivity (Wildman–Crippen MR) is 104 cm³/mol. The first-order valence-electron chi connectivity index (χ1n) is 10.2. The van der Waals surface area contributed by atoms with Crippen molar-refractivity contribution >= 4 is 6.09 Å². The zero-order valence-electron chi connectivity index (χ0n) is 17.5. The van der Waals surface area contributed by atoms with Crippen LogP contribution in [0.15, 0.2) is 24.3 Å². The van der Waals surface area contributed by atoms with Crippen LogP contribution in [0.1, 0.15) is 58.1 Å². The van der Waals surface area contributed by atoms with Crippen LogP contribution in [0.5, 0.6) is 0 Å². The number of hydrogen-bond donors (Lipinski definition) is 0. The predicted octanol–water partition coefficient (Wildman–Crippen LogP) is 5.44. The minimum absolute atomic E-state index is 0.0123. The summed E-state index contributed by atoms with van der Waals surface area (Å²) in [6, 6.07) is 5.48. The summed E-state index contributed by atoms with van der Waals surface area (Å²) in [4.78, 5) is 14.1. The third kappa shape index (κ3) is 5.65. The van der Waals surface area contributed by atoms with Crippen LogP contribution in [0.2, 0.25) is 0 Å². The lowest BCUT2D eigenvalue weighted by Gasteiger charge is -2.47. The van der Waals surface area contributed by atoms with Crippen molar-refractivity contribution in [2.24, 2.45) is 5.92 Å². The largest absolute Gasteiger partial charge is 0.444 e. The Hall–Kier alpha value is -1.76. The maximum atomic E-state index is 13.0. The first-order chi connectivity index (χ1) is 13.3. The zero-order chi connectivity index (χ0) is 21.4. The average Bonchev–Trinajstić information content (AvgIpc) is 2.59. The smallest absolute Gasteiger partial charge is 0.416 e. The summed E-state index contributed by atoms with van der Waals surface area (Å²) in [7, 11) is 0. The topological polar surface area (TPSA) is 38.8 Å². The van der Waals surface area contributed by atoms with Crippen molar-refractivity contribution in [1.82, 2.24) is 4.90 Å². The number of amides is 1. The molecule has 0 aliphatic carbocycles. The van der Waals surface area contributed by atoms with Gasteiger partial charge >= 0.3 is 12.3 Å². The SMILES string of the molecule is CC(C)(C)OC(=O)N1CC[C@H]2O[C@](C)(Cc3cccc(C(F)(F)F)c3)CC[C@H]2C1. The zero-order valence-corrected chi connectivity index (χ0v) is 17.5. The van der Waals surface area contributed by atoms with Gasteiger partial charge in [-0.2, -0.15) is 13.2 Å². The molecule has 3 rings (SSSR count). The van der Waals surface area contributed by atoms with Crippen molar-refractivity contribution in [3.05, 3.63) is 35.4 Å². The van der Waals surface area contributed by atoms with Crippen LogP contribution in [-0.2, 0) is 22.1 Å². The fraction of sp³-hybridized carbons (Fsp3) is 0.682. The molecule has 1 amide bonds. The van der Waals surface area contributed by atoms with Crippen LogP contribution < -0.4 is 0 Å². The molecule has 0 N–H and O–H groups in total. The lowest BCUT2D eigenvalue weighted by molar-refractivity contribution is -0.161. The van der Waals surface area contributed by atoms with E-state index in [0.29, 0.717) is 31.5 Å². The van der Waals surface area contributed by atoms with Crippen molar-refractivity contribution in [3.8, 4) is 0 Å². The van der Waals surface area contributed by atoms with E-state index < -0.39 is 22.9 Å². The number of halogens is 3. The summed E-state index contributed by atoms with van der Waals surface area (Å²) in [6.07, 6.45) is -1.86. The normalized spacial score (nSPS) is 28.0. The second kappa shape index (κ2) is 7.82. The molecule has 7 heteroatoms. The standard InChI is InChI=1S/C22H30F3NO3/c1-20(2,3)29-19(27)26-11-9-18-16(14-26)8-10-21(4,28-18)13-15-6-5-7-17(12-15)22(23,24)25/h5-7,12,16,18H,8-11,13-14H2,1-4H3/t16-,18+,21-/m0/s1. The number of carbonyl (C=O) groups is 1. The Morgan fingerprint density at radius 1 is 1.28 bits per heavy atom. The lowest BCUT2D eigenvalue weighted by Crippen LogP contribution is -2.53. The molecule has 0 spiro atoms. The molecule has 162 valence electrons. The van der Waals surface area contributed by atoms with Crippen molar-refractivity contribution in [1.29, 1.82) is 0 Å². The van der Waals surface area contributed by atoms with Gasteiger partial charge in [0.15, 0.2) is 0 Å². The summed E-state index contributed by atoms with van der Waals surface area (Å²) in [5.74, 6) is 0.228. The van der Waals surface area contributed by atoms with Crippen LogP contribution in [-0.4, -0.2) is 41.4 Å². The number of ether oxygens (including phenoxy) is 2. The Balaban J connectivity index is 1.61. The van der Waals surface area contributed by atoms with E-state index in [4.69, 9.17) is 9.47 Å². The molecule has 0 saturated carbocycles. The van der Waals surface area contributed by atoms with Crippen molar-refractivity contribution in [3.63, 3.8) is 0 Å². The number of hydrogen-bond acceptors (Lipinski definition) is 3. The van der Waals surface area contributed by atoms with Crippen molar-refractivity contribution in [2.45, 2.75) is 76.9 Å². The van der Waals surface area contributed by atoms with Crippen molar-refractivity contribution in [2.75, 3.05) is 13.1 Å². The van der Waals surface area contributed by atoms with E-state index in [0.717, 1.165) is 18.9 Å². The Kier molecular flexibility index (Phi) is 5.91. The van der Waals surface area contributed by atoms with E-state index in [9.17, 15) is 18.0 Å². The molecular formula is C22H30F3NO3. The Morgan fingerprint density at radius 3 is 2.66 bits per heavy atom. The Labute approximate surface area is 170 Å². The lowest BCUT2D eigenvalue weighted by atomic mass is 9.80. The van der Waals surface area contributed by atoms with Crippen LogP contribution in [0.4, 0.5) is 18.0 Å². The van der Waals surface area contributed by atoms with Gasteiger partial charge in [0, 0.05) is 25.4 Å². The van der Waals surface area contributed by atoms with Gasteiger partial charge in [-0.1, -0.05) is 18.2 Å². The van der Waals surface area contributed by atoms with E-state index in [1.165, 1.54) is 12.1 Å². The van der Waals surface area contributed by atoms with Crippen LogP contribution in [0.25, 0.3) is 0 Å². The third-order valence-corrected chi connectivity index (χ3v) is 5.63. The first-order valence-corrected chi connectivity index (χ1v) is 10.2. The molecule has 0 unspecified atom stereocenters. The highest BCUT2D eigenvalue weighted by Gasteiger charge is 2.43. The molecule has 29 heavy (non-hydrogen) atoms. The fourth-order valence-electron chi connectivity index (χ4n) is 4.27. The summed E-state index contributed by atoms with van der Waals surface area (Å²) < 4.78 is 50.8. The second-order valence-electron chi connectivity index (χ2n) is 9.49. The monoisotopic (exact) mass is 413 g/mol. The summed E-state index contributed by atoms with van der Waals surface area (Å²) in [5, 5.41) is 0. The van der Waals surface area contributed by atoms with Gasteiger partial charge in [0.1, 0.15) is 5.60 Å². The molecule has 0 bridgehead atoms. The molecule has 2 fully saturated rings. The van der Waals surface area contributed by atoms with Crippen LogP contribution >= 0.6 is 0 Å². The number of piperidine rings is 1. The van der Waals surface area contributed by atoms with Gasteiger partial charge in [0.2, 0.25) is 0 Å². The number of likely N-dealkylation sites (tertiary alicyclic amines) is 1. The van der Waals surface area contributed by atoms with E-state index in [-0.39, 0.29) is 18.1 Å². The van der Waals surface area contributed by atoms with E-state index in [1.807, 2.05) is 27.7 Å². The van der Waals surface area contributed by atoms with Gasteiger partial charge < -0.3 is 14.4 Å². The number of rotatable bonds is 2. The minimum atomic E-state index is -4.34. The molecule has 2 aliphatic heterocycles. The van der Waals surface area contributed by atoms with Gasteiger partial charge in [-0.25, -0.2) is 4.79 Å². The quantitative estimate of drug-likeness (QED) is 0.648.